The van der Waals surface area contributed by atoms with Gasteiger partial charge in [0.05, 0.1) is 11.4 Å². The normalized spacial score (nSPS) is 11.3. The molecule has 0 radical (unpaired) electrons. The quantitative estimate of drug-likeness (QED) is 0.852. The highest BCUT2D eigenvalue weighted by atomic mass is 35.5. The van der Waals surface area contributed by atoms with Crippen molar-refractivity contribution in [2.24, 2.45) is 0 Å². The van der Waals surface area contributed by atoms with E-state index >= 15 is 0 Å². The average molecular weight is 315 g/mol. The van der Waals surface area contributed by atoms with Crippen LogP contribution in [0, 0.1) is 5.82 Å². The molecule has 0 bridgehead atoms. The van der Waals surface area contributed by atoms with Gasteiger partial charge in [-0.15, -0.1) is 0 Å². The van der Waals surface area contributed by atoms with Crippen LogP contribution in [0.2, 0.25) is 5.02 Å². The number of rotatable bonds is 4. The first-order valence-corrected chi connectivity index (χ1v) is 7.68. The van der Waals surface area contributed by atoms with Gasteiger partial charge in [-0.25, -0.2) is 12.8 Å². The van der Waals surface area contributed by atoms with Crippen molar-refractivity contribution >= 4 is 33.0 Å². The Balaban J connectivity index is 2.16. The van der Waals surface area contributed by atoms with E-state index in [0.717, 1.165) is 12.1 Å². The van der Waals surface area contributed by atoms with Gasteiger partial charge in [0.25, 0.3) is 0 Å². The summed E-state index contributed by atoms with van der Waals surface area (Å²) in [6, 6.07) is 9.96. The van der Waals surface area contributed by atoms with Crippen molar-refractivity contribution in [2.45, 2.75) is 5.75 Å². The number of hydrogen-bond acceptors (Lipinski definition) is 3. The molecule has 0 saturated heterocycles. The lowest BCUT2D eigenvalue weighted by atomic mass is 10.2. The summed E-state index contributed by atoms with van der Waals surface area (Å²) >= 11 is 5.67. The number of sulfonamides is 1. The first kappa shape index (κ1) is 14.6. The summed E-state index contributed by atoms with van der Waals surface area (Å²) in [4.78, 5) is 0. The van der Waals surface area contributed by atoms with E-state index in [0.29, 0.717) is 11.3 Å². The molecule has 4 nitrogen and oxygen atoms in total. The van der Waals surface area contributed by atoms with E-state index in [-0.39, 0.29) is 16.5 Å². The van der Waals surface area contributed by atoms with Crippen LogP contribution in [0.3, 0.4) is 0 Å². The molecule has 106 valence electrons. The minimum absolute atomic E-state index is 0.0884. The van der Waals surface area contributed by atoms with Gasteiger partial charge in [0.15, 0.2) is 0 Å². The highest BCUT2D eigenvalue weighted by Gasteiger charge is 2.12. The number of benzene rings is 2. The average Bonchev–Trinajstić information content (AvgIpc) is 2.29. The Labute approximate surface area is 121 Å². The highest BCUT2D eigenvalue weighted by molar-refractivity contribution is 7.91. The predicted octanol–water partition coefficient (Wildman–Crippen LogP) is 3.00. The van der Waals surface area contributed by atoms with Gasteiger partial charge in [-0.05, 0) is 35.9 Å². The molecule has 0 aromatic heterocycles. The van der Waals surface area contributed by atoms with E-state index in [1.807, 2.05) is 0 Å². The van der Waals surface area contributed by atoms with E-state index in [1.54, 1.807) is 24.3 Å². The third-order valence-corrected chi connectivity index (χ3v) is 3.95. The Bertz CT molecular complexity index is 697. The van der Waals surface area contributed by atoms with Crippen LogP contribution in [0.5, 0.6) is 0 Å². The molecule has 7 heteroatoms. The second-order valence-electron chi connectivity index (χ2n) is 4.26. The Morgan fingerprint density at radius 3 is 2.40 bits per heavy atom. The lowest BCUT2D eigenvalue weighted by molar-refractivity contribution is 0.600. The minimum Gasteiger partial charge on any atom is -0.399 e. The van der Waals surface area contributed by atoms with Crippen molar-refractivity contribution in [2.75, 3.05) is 10.5 Å². The summed E-state index contributed by atoms with van der Waals surface area (Å²) in [7, 11) is -3.65. The molecule has 0 fully saturated rings. The maximum atomic E-state index is 13.1. The van der Waals surface area contributed by atoms with Crippen LogP contribution >= 0.6 is 11.6 Å². The smallest absolute Gasteiger partial charge is 0.236 e. The third kappa shape index (κ3) is 4.11. The van der Waals surface area contributed by atoms with E-state index in [1.165, 1.54) is 6.07 Å². The summed E-state index contributed by atoms with van der Waals surface area (Å²) in [5.74, 6) is -0.843. The predicted molar refractivity (Wildman–Crippen MR) is 78.5 cm³/mol. The fourth-order valence-electron chi connectivity index (χ4n) is 1.66. The first-order chi connectivity index (χ1) is 9.34. The second kappa shape index (κ2) is 5.68. The molecular formula is C13H12ClFN2O2S. The number of nitrogens with one attached hydrogen (secondary N) is 1. The van der Waals surface area contributed by atoms with Crippen molar-refractivity contribution in [3.05, 3.63) is 58.9 Å². The zero-order valence-corrected chi connectivity index (χ0v) is 11.9. The summed E-state index contributed by atoms with van der Waals surface area (Å²) in [6.07, 6.45) is 0. The number of nitrogens with two attached hydrogens (primary N) is 1. The largest absolute Gasteiger partial charge is 0.399 e. The molecule has 2 rings (SSSR count). The standard InChI is InChI=1S/C13H12ClFN2O2S/c14-10-5-11(15)7-13(6-10)17-20(18,19)8-9-1-3-12(16)4-2-9/h1-7,17H,8,16H2. The van der Waals surface area contributed by atoms with Crippen LogP contribution in [0.4, 0.5) is 15.8 Å². The molecule has 0 aliphatic rings. The fourth-order valence-corrected chi connectivity index (χ4v) is 3.06. The lowest BCUT2D eigenvalue weighted by Gasteiger charge is -2.09. The molecule has 0 heterocycles. The molecule has 0 saturated carbocycles. The molecule has 0 spiro atoms. The minimum atomic E-state index is -3.65. The van der Waals surface area contributed by atoms with Gasteiger partial charge in [-0.2, -0.15) is 0 Å². The highest BCUT2D eigenvalue weighted by Crippen LogP contribution is 2.20. The second-order valence-corrected chi connectivity index (χ2v) is 6.42. The van der Waals surface area contributed by atoms with Crippen molar-refractivity contribution in [1.29, 1.82) is 0 Å². The molecule has 0 atom stereocenters. The Kier molecular flexibility index (Phi) is 4.15. The molecule has 3 N–H and O–H groups in total. The van der Waals surface area contributed by atoms with E-state index in [9.17, 15) is 12.8 Å². The van der Waals surface area contributed by atoms with Crippen molar-refractivity contribution in [3.63, 3.8) is 0 Å². The fraction of sp³-hybridized carbons (Fsp3) is 0.0769. The van der Waals surface area contributed by atoms with Crippen LogP contribution in [-0.4, -0.2) is 8.42 Å². The van der Waals surface area contributed by atoms with Crippen molar-refractivity contribution in [1.82, 2.24) is 0 Å². The molecule has 0 aliphatic heterocycles. The summed E-state index contributed by atoms with van der Waals surface area (Å²) in [5.41, 5.74) is 6.74. The summed E-state index contributed by atoms with van der Waals surface area (Å²) < 4.78 is 39.4. The van der Waals surface area contributed by atoms with E-state index < -0.39 is 15.8 Å². The Hall–Kier alpha value is -1.79. The molecule has 0 amide bonds. The Morgan fingerprint density at radius 1 is 1.15 bits per heavy atom. The van der Waals surface area contributed by atoms with Gasteiger partial charge >= 0.3 is 0 Å². The zero-order valence-electron chi connectivity index (χ0n) is 10.3. The Morgan fingerprint density at radius 2 is 1.80 bits per heavy atom. The van der Waals surface area contributed by atoms with Crippen LogP contribution in [-0.2, 0) is 15.8 Å². The number of hydrogen-bond donors (Lipinski definition) is 2. The maximum absolute atomic E-state index is 13.1. The van der Waals surface area contributed by atoms with Crippen molar-refractivity contribution < 1.29 is 12.8 Å². The monoisotopic (exact) mass is 314 g/mol. The molecule has 0 unspecified atom stereocenters. The van der Waals surface area contributed by atoms with Gasteiger partial charge in [0.1, 0.15) is 5.82 Å². The third-order valence-electron chi connectivity index (χ3n) is 2.47. The molecule has 2 aromatic carbocycles. The topological polar surface area (TPSA) is 72.2 Å². The molecular weight excluding hydrogens is 303 g/mol. The first-order valence-electron chi connectivity index (χ1n) is 5.65. The zero-order chi connectivity index (χ0) is 14.8. The van der Waals surface area contributed by atoms with Crippen LogP contribution in [0.1, 0.15) is 5.56 Å². The molecule has 20 heavy (non-hydrogen) atoms. The van der Waals surface area contributed by atoms with Crippen LogP contribution in [0.15, 0.2) is 42.5 Å². The van der Waals surface area contributed by atoms with Gasteiger partial charge in [0, 0.05) is 10.7 Å². The number of halogens is 2. The van der Waals surface area contributed by atoms with E-state index in [4.69, 9.17) is 17.3 Å². The number of nitrogen functional groups attached to an aromatic ring is 1. The number of anilines is 2. The van der Waals surface area contributed by atoms with Crippen molar-refractivity contribution in [3.8, 4) is 0 Å². The maximum Gasteiger partial charge on any atom is 0.236 e. The summed E-state index contributed by atoms with van der Waals surface area (Å²) in [6.45, 7) is 0. The summed E-state index contributed by atoms with van der Waals surface area (Å²) in [5, 5.41) is 0.121. The van der Waals surface area contributed by atoms with Crippen LogP contribution < -0.4 is 10.5 Å². The molecule has 0 aliphatic carbocycles. The molecule has 2 aromatic rings. The van der Waals surface area contributed by atoms with Gasteiger partial charge < -0.3 is 5.73 Å². The van der Waals surface area contributed by atoms with Gasteiger partial charge in [0.2, 0.25) is 10.0 Å². The van der Waals surface area contributed by atoms with Gasteiger partial charge in [-0.1, -0.05) is 23.7 Å². The van der Waals surface area contributed by atoms with Gasteiger partial charge in [-0.3, -0.25) is 4.72 Å². The van der Waals surface area contributed by atoms with Crippen LogP contribution in [0.25, 0.3) is 0 Å². The SMILES string of the molecule is Nc1ccc(CS(=O)(=O)Nc2cc(F)cc(Cl)c2)cc1. The van der Waals surface area contributed by atoms with E-state index in [2.05, 4.69) is 4.72 Å². The lowest BCUT2D eigenvalue weighted by Crippen LogP contribution is -2.15.